The van der Waals surface area contributed by atoms with Gasteiger partial charge < -0.3 is 20.5 Å². The molecule has 3 N–H and O–H groups in total. The summed E-state index contributed by atoms with van der Waals surface area (Å²) < 4.78 is 5.19. The van der Waals surface area contributed by atoms with E-state index in [2.05, 4.69) is 10.6 Å². The molecule has 1 aliphatic rings. The molecule has 1 fully saturated rings. The minimum absolute atomic E-state index is 0.0496. The minimum atomic E-state index is -0.762. The number of para-hydroxylation sites is 1. The molecule has 0 spiro atoms. The van der Waals surface area contributed by atoms with Gasteiger partial charge in [0.25, 0.3) is 0 Å². The molecule has 1 saturated heterocycles. The van der Waals surface area contributed by atoms with Crippen molar-refractivity contribution in [2.75, 3.05) is 20.2 Å². The maximum absolute atomic E-state index is 11.8. The van der Waals surface area contributed by atoms with Crippen LogP contribution in [0.15, 0.2) is 24.3 Å². The van der Waals surface area contributed by atoms with Gasteiger partial charge in [-0.3, -0.25) is 4.79 Å². The Kier molecular flexibility index (Phi) is 4.76. The van der Waals surface area contributed by atoms with E-state index < -0.39 is 6.10 Å². The second-order valence-electron chi connectivity index (χ2n) is 4.65. The quantitative estimate of drug-likeness (QED) is 0.728. The van der Waals surface area contributed by atoms with Gasteiger partial charge in [0.1, 0.15) is 5.75 Å². The number of benzene rings is 1. The molecule has 104 valence electrons. The molecular weight excluding hydrogens is 244 g/mol. The first-order valence-corrected chi connectivity index (χ1v) is 6.54. The van der Waals surface area contributed by atoms with Gasteiger partial charge in [0.2, 0.25) is 5.91 Å². The summed E-state index contributed by atoms with van der Waals surface area (Å²) in [4.78, 5) is 11.8. The molecule has 1 amide bonds. The smallest absolute Gasteiger partial charge is 0.237 e. The third-order valence-corrected chi connectivity index (χ3v) is 3.34. The molecule has 2 rings (SSSR count). The van der Waals surface area contributed by atoms with Crippen LogP contribution in [0.4, 0.5) is 0 Å². The number of methoxy groups -OCH3 is 1. The van der Waals surface area contributed by atoms with Crippen LogP contribution in [0.25, 0.3) is 0 Å². The molecule has 19 heavy (non-hydrogen) atoms. The summed E-state index contributed by atoms with van der Waals surface area (Å²) in [5.41, 5.74) is 0.685. The van der Waals surface area contributed by atoms with Crippen LogP contribution in [-0.2, 0) is 4.79 Å². The van der Waals surface area contributed by atoms with Gasteiger partial charge in [0.15, 0.2) is 0 Å². The number of aliphatic hydroxyl groups excluding tert-OH is 1. The van der Waals surface area contributed by atoms with Crippen LogP contribution in [0.1, 0.15) is 24.5 Å². The number of nitrogens with one attached hydrogen (secondary N) is 2. The second-order valence-corrected chi connectivity index (χ2v) is 4.65. The first-order chi connectivity index (χ1) is 9.22. The summed E-state index contributed by atoms with van der Waals surface area (Å²) in [7, 11) is 1.56. The number of amides is 1. The van der Waals surface area contributed by atoms with E-state index in [1.54, 1.807) is 19.2 Å². The van der Waals surface area contributed by atoms with E-state index in [0.717, 1.165) is 19.4 Å². The maximum Gasteiger partial charge on any atom is 0.237 e. The van der Waals surface area contributed by atoms with Crippen molar-refractivity contribution >= 4 is 5.91 Å². The molecule has 0 bridgehead atoms. The van der Waals surface area contributed by atoms with Gasteiger partial charge in [0.05, 0.1) is 19.3 Å². The Labute approximate surface area is 113 Å². The normalized spacial score (nSPS) is 20.0. The van der Waals surface area contributed by atoms with Crippen molar-refractivity contribution in [3.05, 3.63) is 29.8 Å². The van der Waals surface area contributed by atoms with Crippen LogP contribution in [0, 0.1) is 0 Å². The molecule has 1 heterocycles. The van der Waals surface area contributed by atoms with Gasteiger partial charge in [-0.05, 0) is 25.5 Å². The SMILES string of the molecule is COc1ccccc1C(O)CNC(=O)C1CCCN1. The average Bonchev–Trinajstić information content (AvgIpc) is 2.98. The highest BCUT2D eigenvalue weighted by Crippen LogP contribution is 2.24. The molecule has 0 aromatic heterocycles. The monoisotopic (exact) mass is 264 g/mol. The Morgan fingerprint density at radius 2 is 2.37 bits per heavy atom. The number of ether oxygens (including phenoxy) is 1. The lowest BCUT2D eigenvalue weighted by Gasteiger charge is -2.17. The third kappa shape index (κ3) is 3.45. The molecule has 2 atom stereocenters. The topological polar surface area (TPSA) is 70.6 Å². The standard InChI is InChI=1S/C14H20N2O3/c1-19-13-7-3-2-5-10(13)12(17)9-16-14(18)11-6-4-8-15-11/h2-3,5,7,11-12,15,17H,4,6,8-9H2,1H3,(H,16,18). The molecular formula is C14H20N2O3. The van der Waals surface area contributed by atoms with E-state index in [0.29, 0.717) is 11.3 Å². The number of aliphatic hydroxyl groups is 1. The summed E-state index contributed by atoms with van der Waals surface area (Å²) in [6.45, 7) is 1.07. The second kappa shape index (κ2) is 6.54. The summed E-state index contributed by atoms with van der Waals surface area (Å²) in [5, 5.41) is 16.0. The first kappa shape index (κ1) is 13.8. The lowest BCUT2D eigenvalue weighted by atomic mass is 10.1. The molecule has 0 radical (unpaired) electrons. The Balaban J connectivity index is 1.89. The van der Waals surface area contributed by atoms with Crippen LogP contribution in [0.2, 0.25) is 0 Å². The lowest BCUT2D eigenvalue weighted by Crippen LogP contribution is -2.41. The Bertz CT molecular complexity index is 430. The van der Waals surface area contributed by atoms with E-state index in [1.165, 1.54) is 0 Å². The van der Waals surface area contributed by atoms with Crippen molar-refractivity contribution in [1.29, 1.82) is 0 Å². The highest BCUT2D eigenvalue weighted by atomic mass is 16.5. The number of carbonyl (C=O) groups is 1. The molecule has 5 heteroatoms. The fourth-order valence-corrected chi connectivity index (χ4v) is 2.28. The van der Waals surface area contributed by atoms with E-state index >= 15 is 0 Å². The molecule has 1 aromatic carbocycles. The van der Waals surface area contributed by atoms with Crippen molar-refractivity contribution in [3.63, 3.8) is 0 Å². The van der Waals surface area contributed by atoms with Crippen LogP contribution in [0.3, 0.4) is 0 Å². The zero-order valence-electron chi connectivity index (χ0n) is 11.1. The van der Waals surface area contributed by atoms with Gasteiger partial charge in [-0.25, -0.2) is 0 Å². The third-order valence-electron chi connectivity index (χ3n) is 3.34. The summed E-state index contributed by atoms with van der Waals surface area (Å²) in [5.74, 6) is 0.578. The van der Waals surface area contributed by atoms with E-state index in [4.69, 9.17) is 4.74 Å². The Morgan fingerprint density at radius 1 is 1.58 bits per heavy atom. The van der Waals surface area contributed by atoms with Crippen molar-refractivity contribution in [2.24, 2.45) is 0 Å². The largest absolute Gasteiger partial charge is 0.496 e. The van der Waals surface area contributed by atoms with Crippen LogP contribution >= 0.6 is 0 Å². The molecule has 5 nitrogen and oxygen atoms in total. The van der Waals surface area contributed by atoms with E-state index in [1.807, 2.05) is 12.1 Å². The van der Waals surface area contributed by atoms with E-state index in [-0.39, 0.29) is 18.5 Å². The van der Waals surface area contributed by atoms with Gasteiger partial charge in [-0.2, -0.15) is 0 Å². The van der Waals surface area contributed by atoms with Crippen LogP contribution < -0.4 is 15.4 Å². The Hall–Kier alpha value is -1.59. The highest BCUT2D eigenvalue weighted by Gasteiger charge is 2.22. The molecule has 1 aromatic rings. The fourth-order valence-electron chi connectivity index (χ4n) is 2.28. The first-order valence-electron chi connectivity index (χ1n) is 6.54. The summed E-state index contributed by atoms with van der Waals surface area (Å²) in [6.07, 6.45) is 1.12. The number of carbonyl (C=O) groups excluding carboxylic acids is 1. The number of hydrogen-bond acceptors (Lipinski definition) is 4. The lowest BCUT2D eigenvalue weighted by molar-refractivity contribution is -0.123. The highest BCUT2D eigenvalue weighted by molar-refractivity contribution is 5.82. The molecule has 2 unspecified atom stereocenters. The fraction of sp³-hybridized carbons (Fsp3) is 0.500. The summed E-state index contributed by atoms with van der Waals surface area (Å²) in [6, 6.07) is 7.14. The zero-order chi connectivity index (χ0) is 13.7. The maximum atomic E-state index is 11.8. The van der Waals surface area contributed by atoms with E-state index in [9.17, 15) is 9.90 Å². The van der Waals surface area contributed by atoms with Gasteiger partial charge >= 0.3 is 0 Å². The Morgan fingerprint density at radius 3 is 3.05 bits per heavy atom. The number of hydrogen-bond donors (Lipinski definition) is 3. The minimum Gasteiger partial charge on any atom is -0.496 e. The van der Waals surface area contributed by atoms with Crippen LogP contribution in [-0.4, -0.2) is 37.3 Å². The van der Waals surface area contributed by atoms with Gasteiger partial charge in [0, 0.05) is 12.1 Å². The predicted molar refractivity (Wildman–Crippen MR) is 72.0 cm³/mol. The molecule has 1 aliphatic heterocycles. The van der Waals surface area contributed by atoms with Gasteiger partial charge in [-0.15, -0.1) is 0 Å². The molecule has 0 aliphatic carbocycles. The van der Waals surface area contributed by atoms with Gasteiger partial charge in [-0.1, -0.05) is 18.2 Å². The zero-order valence-corrected chi connectivity index (χ0v) is 11.1. The molecule has 0 saturated carbocycles. The summed E-state index contributed by atoms with van der Waals surface area (Å²) >= 11 is 0. The van der Waals surface area contributed by atoms with Crippen molar-refractivity contribution in [1.82, 2.24) is 10.6 Å². The van der Waals surface area contributed by atoms with Crippen LogP contribution in [0.5, 0.6) is 5.75 Å². The number of rotatable bonds is 5. The average molecular weight is 264 g/mol. The predicted octanol–water partition coefficient (Wildman–Crippen LogP) is 0.597. The van der Waals surface area contributed by atoms with Crippen molar-refractivity contribution in [2.45, 2.75) is 25.0 Å². The van der Waals surface area contributed by atoms with Crippen molar-refractivity contribution in [3.8, 4) is 5.75 Å². The van der Waals surface area contributed by atoms with Crippen molar-refractivity contribution < 1.29 is 14.6 Å².